The largest absolute Gasteiger partial charge is 0.0891 e. The SMILES string of the molecule is Cc1cccc(CC2CCCC(Br)C2)c1. The Kier molecular flexibility index (Phi) is 3.85. The van der Waals surface area contributed by atoms with Gasteiger partial charge in [-0.25, -0.2) is 0 Å². The minimum Gasteiger partial charge on any atom is -0.0891 e. The molecule has 1 aromatic rings. The Morgan fingerprint density at radius 3 is 2.93 bits per heavy atom. The van der Waals surface area contributed by atoms with Gasteiger partial charge in [0.25, 0.3) is 0 Å². The fourth-order valence-electron chi connectivity index (χ4n) is 2.58. The number of rotatable bonds is 2. The van der Waals surface area contributed by atoms with Gasteiger partial charge in [-0.2, -0.15) is 0 Å². The van der Waals surface area contributed by atoms with Crippen LogP contribution in [0.1, 0.15) is 36.8 Å². The van der Waals surface area contributed by atoms with Crippen molar-refractivity contribution in [2.75, 3.05) is 0 Å². The van der Waals surface area contributed by atoms with Gasteiger partial charge in [0.05, 0.1) is 0 Å². The fourth-order valence-corrected chi connectivity index (χ4v) is 3.44. The lowest BCUT2D eigenvalue weighted by molar-refractivity contribution is 0.368. The third-order valence-corrected chi connectivity index (χ3v) is 4.16. The molecule has 0 N–H and O–H groups in total. The molecule has 2 rings (SSSR count). The first-order valence-electron chi connectivity index (χ1n) is 5.93. The summed E-state index contributed by atoms with van der Waals surface area (Å²) in [5.41, 5.74) is 2.90. The van der Waals surface area contributed by atoms with Crippen LogP contribution >= 0.6 is 15.9 Å². The molecule has 15 heavy (non-hydrogen) atoms. The van der Waals surface area contributed by atoms with E-state index in [0.717, 1.165) is 10.7 Å². The molecule has 0 saturated heterocycles. The van der Waals surface area contributed by atoms with Crippen molar-refractivity contribution >= 4 is 15.9 Å². The van der Waals surface area contributed by atoms with Crippen LogP contribution in [-0.4, -0.2) is 4.83 Å². The standard InChI is InChI=1S/C14H19Br/c1-11-4-2-5-12(8-11)9-13-6-3-7-14(15)10-13/h2,4-5,8,13-14H,3,6-7,9-10H2,1H3. The maximum Gasteiger partial charge on any atom is 0.0148 e. The van der Waals surface area contributed by atoms with Crippen LogP contribution in [0.15, 0.2) is 24.3 Å². The molecular weight excluding hydrogens is 248 g/mol. The number of aryl methyl sites for hydroxylation is 1. The Hall–Kier alpha value is -0.300. The monoisotopic (exact) mass is 266 g/mol. The highest BCUT2D eigenvalue weighted by Crippen LogP contribution is 2.31. The number of halogens is 1. The maximum atomic E-state index is 3.76. The summed E-state index contributed by atoms with van der Waals surface area (Å²) < 4.78 is 0. The van der Waals surface area contributed by atoms with Gasteiger partial charge in [-0.05, 0) is 37.7 Å². The van der Waals surface area contributed by atoms with Gasteiger partial charge < -0.3 is 0 Å². The lowest BCUT2D eigenvalue weighted by atomic mass is 9.84. The van der Waals surface area contributed by atoms with Gasteiger partial charge in [-0.3, -0.25) is 0 Å². The lowest BCUT2D eigenvalue weighted by Crippen LogP contribution is -2.17. The molecule has 1 fully saturated rings. The molecule has 0 aliphatic heterocycles. The van der Waals surface area contributed by atoms with Crippen molar-refractivity contribution in [2.24, 2.45) is 5.92 Å². The zero-order chi connectivity index (χ0) is 10.7. The molecule has 1 aliphatic rings. The molecule has 0 heterocycles. The molecule has 2 atom stereocenters. The second-order valence-electron chi connectivity index (χ2n) is 4.82. The van der Waals surface area contributed by atoms with E-state index in [9.17, 15) is 0 Å². The van der Waals surface area contributed by atoms with Crippen LogP contribution in [0.2, 0.25) is 0 Å². The second-order valence-corrected chi connectivity index (χ2v) is 6.12. The summed E-state index contributed by atoms with van der Waals surface area (Å²) in [6, 6.07) is 8.96. The number of benzene rings is 1. The number of hydrogen-bond donors (Lipinski definition) is 0. The van der Waals surface area contributed by atoms with E-state index < -0.39 is 0 Å². The predicted molar refractivity (Wildman–Crippen MR) is 69.6 cm³/mol. The van der Waals surface area contributed by atoms with Gasteiger partial charge >= 0.3 is 0 Å². The highest BCUT2D eigenvalue weighted by atomic mass is 79.9. The zero-order valence-corrected chi connectivity index (χ0v) is 11.0. The van der Waals surface area contributed by atoms with Gasteiger partial charge in [0.1, 0.15) is 0 Å². The van der Waals surface area contributed by atoms with E-state index in [1.54, 1.807) is 0 Å². The molecule has 0 nitrogen and oxygen atoms in total. The van der Waals surface area contributed by atoms with Crippen LogP contribution in [0.3, 0.4) is 0 Å². The Labute approximate surface area is 101 Å². The molecule has 0 spiro atoms. The first-order valence-corrected chi connectivity index (χ1v) is 6.85. The predicted octanol–water partition coefficient (Wildman–Crippen LogP) is 4.49. The van der Waals surface area contributed by atoms with Crippen LogP contribution in [0.5, 0.6) is 0 Å². The molecule has 1 aliphatic carbocycles. The van der Waals surface area contributed by atoms with Crippen molar-refractivity contribution in [3.05, 3.63) is 35.4 Å². The summed E-state index contributed by atoms with van der Waals surface area (Å²) in [7, 11) is 0. The minimum atomic E-state index is 0.765. The highest BCUT2D eigenvalue weighted by Gasteiger charge is 2.19. The smallest absolute Gasteiger partial charge is 0.0148 e. The third kappa shape index (κ3) is 3.34. The molecule has 1 heteroatoms. The molecule has 0 radical (unpaired) electrons. The van der Waals surface area contributed by atoms with Gasteiger partial charge in [0.15, 0.2) is 0 Å². The van der Waals surface area contributed by atoms with E-state index in [2.05, 4.69) is 47.1 Å². The Balaban J connectivity index is 1.96. The lowest BCUT2D eigenvalue weighted by Gasteiger charge is -2.25. The van der Waals surface area contributed by atoms with Crippen molar-refractivity contribution < 1.29 is 0 Å². The number of hydrogen-bond acceptors (Lipinski definition) is 0. The van der Waals surface area contributed by atoms with E-state index in [4.69, 9.17) is 0 Å². The summed E-state index contributed by atoms with van der Waals surface area (Å²) >= 11 is 3.76. The summed E-state index contributed by atoms with van der Waals surface area (Å²) in [6.07, 6.45) is 6.80. The summed E-state index contributed by atoms with van der Waals surface area (Å²) in [5, 5.41) is 0. The van der Waals surface area contributed by atoms with E-state index in [0.29, 0.717) is 0 Å². The molecule has 0 amide bonds. The Bertz CT molecular complexity index is 319. The van der Waals surface area contributed by atoms with Gasteiger partial charge in [0, 0.05) is 4.83 Å². The van der Waals surface area contributed by atoms with Crippen LogP contribution in [0, 0.1) is 12.8 Å². The average Bonchev–Trinajstić information content (AvgIpc) is 2.17. The quantitative estimate of drug-likeness (QED) is 0.692. The second kappa shape index (κ2) is 5.16. The number of alkyl halides is 1. The molecule has 2 unspecified atom stereocenters. The van der Waals surface area contributed by atoms with Crippen LogP contribution in [-0.2, 0) is 6.42 Å². The van der Waals surface area contributed by atoms with Crippen molar-refractivity contribution in [1.29, 1.82) is 0 Å². The Morgan fingerprint density at radius 1 is 1.33 bits per heavy atom. The topological polar surface area (TPSA) is 0 Å². The van der Waals surface area contributed by atoms with E-state index in [1.807, 2.05) is 0 Å². The third-order valence-electron chi connectivity index (χ3n) is 3.33. The minimum absolute atomic E-state index is 0.765. The van der Waals surface area contributed by atoms with Gasteiger partial charge in [0.2, 0.25) is 0 Å². The first kappa shape index (κ1) is 11.2. The normalized spacial score (nSPS) is 26.5. The maximum absolute atomic E-state index is 3.76. The van der Waals surface area contributed by atoms with Crippen molar-refractivity contribution in [2.45, 2.75) is 43.9 Å². The zero-order valence-electron chi connectivity index (χ0n) is 9.38. The average molecular weight is 267 g/mol. The molecular formula is C14H19Br. The first-order chi connectivity index (χ1) is 7.24. The van der Waals surface area contributed by atoms with E-state index in [-0.39, 0.29) is 0 Å². The fraction of sp³-hybridized carbons (Fsp3) is 0.571. The highest BCUT2D eigenvalue weighted by molar-refractivity contribution is 9.09. The van der Waals surface area contributed by atoms with E-state index in [1.165, 1.54) is 43.2 Å². The van der Waals surface area contributed by atoms with Gasteiger partial charge in [-0.15, -0.1) is 0 Å². The van der Waals surface area contributed by atoms with Crippen LogP contribution in [0.4, 0.5) is 0 Å². The van der Waals surface area contributed by atoms with Crippen LogP contribution < -0.4 is 0 Å². The Morgan fingerprint density at radius 2 is 2.20 bits per heavy atom. The van der Waals surface area contributed by atoms with Crippen LogP contribution in [0.25, 0.3) is 0 Å². The summed E-state index contributed by atoms with van der Waals surface area (Å²) in [4.78, 5) is 0.765. The summed E-state index contributed by atoms with van der Waals surface area (Å²) in [5.74, 6) is 0.893. The molecule has 1 saturated carbocycles. The molecule has 1 aromatic carbocycles. The molecule has 0 aromatic heterocycles. The van der Waals surface area contributed by atoms with Crippen molar-refractivity contribution in [3.63, 3.8) is 0 Å². The molecule has 82 valence electrons. The van der Waals surface area contributed by atoms with Crippen molar-refractivity contribution in [3.8, 4) is 0 Å². The van der Waals surface area contributed by atoms with E-state index >= 15 is 0 Å². The molecule has 0 bridgehead atoms. The van der Waals surface area contributed by atoms with Gasteiger partial charge in [-0.1, -0.05) is 58.6 Å². The van der Waals surface area contributed by atoms with Crippen molar-refractivity contribution in [1.82, 2.24) is 0 Å². The summed E-state index contributed by atoms with van der Waals surface area (Å²) in [6.45, 7) is 2.18.